The molecule has 0 amide bonds. The predicted molar refractivity (Wildman–Crippen MR) is 122 cm³/mol. The Morgan fingerprint density at radius 1 is 0.833 bits per heavy atom. The number of rotatable bonds is 3. The van der Waals surface area contributed by atoms with Gasteiger partial charge < -0.3 is 4.98 Å². The van der Waals surface area contributed by atoms with Crippen molar-refractivity contribution in [2.75, 3.05) is 0 Å². The Hall–Kier alpha value is -3.77. The maximum Gasteiger partial charge on any atom is 0.116 e. The molecule has 5 heterocycles. The second-order valence-corrected chi connectivity index (χ2v) is 8.58. The van der Waals surface area contributed by atoms with Gasteiger partial charge in [-0.25, -0.2) is 0 Å². The molecule has 5 nitrogen and oxygen atoms in total. The lowest BCUT2D eigenvalue weighted by Crippen LogP contribution is -1.81. The van der Waals surface area contributed by atoms with Crippen LogP contribution in [-0.2, 0) is 0 Å². The van der Waals surface area contributed by atoms with Crippen LogP contribution in [0, 0.1) is 6.92 Å². The summed E-state index contributed by atoms with van der Waals surface area (Å²) in [6.45, 7) is 2.12. The largest absolute Gasteiger partial charge is 0.353 e. The van der Waals surface area contributed by atoms with Crippen molar-refractivity contribution in [3.63, 3.8) is 0 Å². The first-order valence-corrected chi connectivity index (χ1v) is 10.5. The lowest BCUT2D eigenvalue weighted by atomic mass is 10.0. The van der Waals surface area contributed by atoms with Gasteiger partial charge in [-0.1, -0.05) is 12.1 Å². The molecule has 0 atom stereocenters. The quantitative estimate of drug-likeness (QED) is 0.367. The standard InChI is InChI=1S/C24H17N5S/c1-14-4-7-22(30-14)24-18-12-21(27-19(18)8-10-26-24)23-17-11-15(5-6-20(17)28-29-23)16-3-2-9-25-13-16/h2-13,27H,1H3,(H,28,29). The molecule has 0 aliphatic rings. The van der Waals surface area contributed by atoms with Gasteiger partial charge in [-0.2, -0.15) is 5.10 Å². The second kappa shape index (κ2) is 6.64. The van der Waals surface area contributed by atoms with Gasteiger partial charge >= 0.3 is 0 Å². The van der Waals surface area contributed by atoms with E-state index in [1.165, 1.54) is 9.75 Å². The van der Waals surface area contributed by atoms with E-state index >= 15 is 0 Å². The molecule has 0 saturated heterocycles. The minimum absolute atomic E-state index is 0.903. The number of hydrogen-bond acceptors (Lipinski definition) is 4. The van der Waals surface area contributed by atoms with Crippen LogP contribution in [0.5, 0.6) is 0 Å². The number of nitrogens with zero attached hydrogens (tertiary/aromatic N) is 3. The van der Waals surface area contributed by atoms with Crippen LogP contribution in [0.4, 0.5) is 0 Å². The third kappa shape index (κ3) is 2.73. The number of fused-ring (bicyclic) bond motifs is 2. The summed E-state index contributed by atoms with van der Waals surface area (Å²) >= 11 is 1.76. The molecule has 2 N–H and O–H groups in total. The highest BCUT2D eigenvalue weighted by atomic mass is 32.1. The van der Waals surface area contributed by atoms with E-state index in [-0.39, 0.29) is 0 Å². The zero-order chi connectivity index (χ0) is 20.1. The van der Waals surface area contributed by atoms with E-state index in [1.54, 1.807) is 17.5 Å². The van der Waals surface area contributed by atoms with Crippen molar-refractivity contribution >= 4 is 33.1 Å². The summed E-state index contributed by atoms with van der Waals surface area (Å²) in [5.41, 5.74) is 7.14. The van der Waals surface area contributed by atoms with E-state index < -0.39 is 0 Å². The predicted octanol–water partition coefficient (Wildman–Crippen LogP) is 6.21. The average molecular weight is 408 g/mol. The summed E-state index contributed by atoms with van der Waals surface area (Å²) in [4.78, 5) is 14.9. The van der Waals surface area contributed by atoms with E-state index in [2.05, 4.69) is 74.5 Å². The maximum atomic E-state index is 4.66. The van der Waals surface area contributed by atoms with E-state index in [4.69, 9.17) is 0 Å². The van der Waals surface area contributed by atoms with Crippen LogP contribution in [0.25, 0.3) is 54.9 Å². The Morgan fingerprint density at radius 3 is 2.60 bits per heavy atom. The molecule has 0 unspecified atom stereocenters. The number of benzene rings is 1. The van der Waals surface area contributed by atoms with E-state index in [0.29, 0.717) is 0 Å². The topological polar surface area (TPSA) is 70.2 Å². The third-order valence-electron chi connectivity index (χ3n) is 5.33. The fraction of sp³-hybridized carbons (Fsp3) is 0.0417. The van der Waals surface area contributed by atoms with Crippen LogP contribution in [0.1, 0.15) is 4.88 Å². The molecular formula is C24H17N5S. The number of pyridine rings is 2. The van der Waals surface area contributed by atoms with Gasteiger partial charge in [0.25, 0.3) is 0 Å². The number of aromatic nitrogens is 5. The zero-order valence-electron chi connectivity index (χ0n) is 16.2. The van der Waals surface area contributed by atoms with Crippen molar-refractivity contribution in [2.24, 2.45) is 0 Å². The maximum absolute atomic E-state index is 4.66. The normalized spacial score (nSPS) is 11.5. The molecule has 6 heteroatoms. The molecule has 1 aromatic carbocycles. The molecule has 30 heavy (non-hydrogen) atoms. The van der Waals surface area contributed by atoms with Gasteiger partial charge in [-0.05, 0) is 55.0 Å². The van der Waals surface area contributed by atoms with Gasteiger partial charge in [0.15, 0.2) is 0 Å². The molecular weight excluding hydrogens is 390 g/mol. The molecule has 144 valence electrons. The fourth-order valence-corrected chi connectivity index (χ4v) is 4.75. The highest BCUT2D eigenvalue weighted by molar-refractivity contribution is 7.15. The molecule has 0 radical (unpaired) electrons. The van der Waals surface area contributed by atoms with Crippen LogP contribution >= 0.6 is 11.3 Å². The first kappa shape index (κ1) is 17.1. The molecule has 0 fully saturated rings. The SMILES string of the molecule is Cc1ccc(-c2nccc3[nH]c(-c4n[nH]c5ccc(-c6cccnc6)cc45)cc23)s1. The molecule has 0 spiro atoms. The fourth-order valence-electron chi connectivity index (χ4n) is 3.87. The minimum Gasteiger partial charge on any atom is -0.353 e. The number of H-pyrrole nitrogens is 2. The lowest BCUT2D eigenvalue weighted by molar-refractivity contribution is 1.12. The van der Waals surface area contributed by atoms with Crippen LogP contribution in [0.2, 0.25) is 0 Å². The Kier molecular flexibility index (Phi) is 3.79. The van der Waals surface area contributed by atoms with Crippen molar-refractivity contribution in [1.82, 2.24) is 25.1 Å². The highest BCUT2D eigenvalue weighted by Crippen LogP contribution is 2.36. The van der Waals surface area contributed by atoms with E-state index in [0.717, 1.165) is 50.0 Å². The highest BCUT2D eigenvalue weighted by Gasteiger charge is 2.15. The average Bonchev–Trinajstić information content (AvgIpc) is 3.51. The van der Waals surface area contributed by atoms with E-state index in [1.807, 2.05) is 24.5 Å². The Morgan fingerprint density at radius 2 is 1.77 bits per heavy atom. The second-order valence-electron chi connectivity index (χ2n) is 7.29. The van der Waals surface area contributed by atoms with Gasteiger partial charge in [0.2, 0.25) is 0 Å². The van der Waals surface area contributed by atoms with Crippen LogP contribution in [0.3, 0.4) is 0 Å². The number of nitrogens with one attached hydrogen (secondary N) is 2. The number of thiophene rings is 1. The van der Waals surface area contributed by atoms with Crippen molar-refractivity contribution in [3.05, 3.63) is 78.1 Å². The smallest absolute Gasteiger partial charge is 0.116 e. The molecule has 0 bridgehead atoms. The van der Waals surface area contributed by atoms with Gasteiger partial charge in [0, 0.05) is 45.3 Å². The molecule has 0 aliphatic carbocycles. The molecule has 5 aromatic heterocycles. The Bertz CT molecular complexity index is 1510. The number of aromatic amines is 2. The van der Waals surface area contributed by atoms with Gasteiger partial charge in [0.1, 0.15) is 5.69 Å². The Balaban J connectivity index is 1.52. The van der Waals surface area contributed by atoms with Crippen LogP contribution < -0.4 is 0 Å². The van der Waals surface area contributed by atoms with E-state index in [9.17, 15) is 0 Å². The summed E-state index contributed by atoms with van der Waals surface area (Å²) in [7, 11) is 0. The van der Waals surface area contributed by atoms with Crippen molar-refractivity contribution in [2.45, 2.75) is 6.92 Å². The zero-order valence-corrected chi connectivity index (χ0v) is 17.0. The van der Waals surface area contributed by atoms with Crippen LogP contribution in [-0.4, -0.2) is 25.1 Å². The molecule has 6 rings (SSSR count). The van der Waals surface area contributed by atoms with Crippen molar-refractivity contribution in [3.8, 4) is 33.1 Å². The van der Waals surface area contributed by atoms with Gasteiger partial charge in [0.05, 0.1) is 21.8 Å². The van der Waals surface area contributed by atoms with Crippen molar-refractivity contribution in [1.29, 1.82) is 0 Å². The Labute approximate surface area is 176 Å². The number of hydrogen-bond donors (Lipinski definition) is 2. The lowest BCUT2D eigenvalue weighted by Gasteiger charge is -2.01. The first-order valence-electron chi connectivity index (χ1n) is 9.70. The summed E-state index contributed by atoms with van der Waals surface area (Å²) in [5.74, 6) is 0. The minimum atomic E-state index is 0.903. The van der Waals surface area contributed by atoms with Crippen LogP contribution in [0.15, 0.2) is 73.2 Å². The molecule has 6 aromatic rings. The van der Waals surface area contributed by atoms with Gasteiger partial charge in [-0.15, -0.1) is 11.3 Å². The summed E-state index contributed by atoms with van der Waals surface area (Å²) in [6, 6.07) is 18.8. The molecule has 0 aliphatic heterocycles. The van der Waals surface area contributed by atoms with Crippen molar-refractivity contribution < 1.29 is 0 Å². The summed E-state index contributed by atoms with van der Waals surface area (Å²) in [6.07, 6.45) is 5.53. The summed E-state index contributed by atoms with van der Waals surface area (Å²) < 4.78 is 0. The number of aryl methyl sites for hydroxylation is 1. The monoisotopic (exact) mass is 407 g/mol. The third-order valence-corrected chi connectivity index (χ3v) is 6.34. The first-order chi connectivity index (χ1) is 14.8. The summed E-state index contributed by atoms with van der Waals surface area (Å²) in [5, 5.41) is 9.95. The molecule has 0 saturated carbocycles. The van der Waals surface area contributed by atoms with Gasteiger partial charge in [-0.3, -0.25) is 15.1 Å².